The summed E-state index contributed by atoms with van der Waals surface area (Å²) in [7, 11) is 1.80. The van der Waals surface area contributed by atoms with Crippen LogP contribution in [0, 0.1) is 5.82 Å². The van der Waals surface area contributed by atoms with Crippen molar-refractivity contribution in [1.82, 2.24) is 20.1 Å². The van der Waals surface area contributed by atoms with Gasteiger partial charge in [-0.2, -0.15) is 0 Å². The minimum Gasteiger partial charge on any atom is -0.486 e. The monoisotopic (exact) mass is 376 g/mol. The van der Waals surface area contributed by atoms with E-state index in [0.717, 1.165) is 0 Å². The molecule has 2 heterocycles. The first-order valence-corrected chi connectivity index (χ1v) is 8.79. The number of thioether (sulfide) groups is 1. The van der Waals surface area contributed by atoms with Crippen molar-refractivity contribution in [3.8, 4) is 5.75 Å². The van der Waals surface area contributed by atoms with E-state index in [9.17, 15) is 9.18 Å². The number of furan rings is 1. The van der Waals surface area contributed by atoms with E-state index >= 15 is 0 Å². The molecule has 9 heteroatoms. The number of amides is 1. The smallest absolute Gasteiger partial charge is 0.230 e. The molecule has 3 aromatic rings. The maximum Gasteiger partial charge on any atom is 0.230 e. The number of hydrogen-bond acceptors (Lipinski definition) is 6. The molecule has 0 aliphatic heterocycles. The second-order valence-corrected chi connectivity index (χ2v) is 6.29. The number of carbonyl (C=O) groups is 1. The highest BCUT2D eigenvalue weighted by molar-refractivity contribution is 7.99. The van der Waals surface area contributed by atoms with Gasteiger partial charge in [0, 0.05) is 7.05 Å². The van der Waals surface area contributed by atoms with E-state index < -0.39 is 0 Å². The minimum absolute atomic E-state index is 0.126. The average molecular weight is 376 g/mol. The number of hydrogen-bond donors (Lipinski definition) is 1. The molecule has 0 saturated carbocycles. The van der Waals surface area contributed by atoms with E-state index in [4.69, 9.17) is 9.15 Å². The number of rotatable bonds is 8. The molecular weight excluding hydrogens is 359 g/mol. The number of benzene rings is 1. The van der Waals surface area contributed by atoms with E-state index in [1.54, 1.807) is 42.1 Å². The van der Waals surface area contributed by atoms with Gasteiger partial charge in [0.25, 0.3) is 0 Å². The maximum absolute atomic E-state index is 12.9. The molecule has 0 unspecified atom stereocenters. The fourth-order valence-corrected chi connectivity index (χ4v) is 2.81. The van der Waals surface area contributed by atoms with Crippen molar-refractivity contribution >= 4 is 17.7 Å². The fourth-order valence-electron chi connectivity index (χ4n) is 2.06. The second kappa shape index (κ2) is 8.52. The summed E-state index contributed by atoms with van der Waals surface area (Å²) in [5.74, 6) is 1.61. The second-order valence-electron chi connectivity index (χ2n) is 5.35. The van der Waals surface area contributed by atoms with Gasteiger partial charge in [0.1, 0.15) is 23.9 Å². The van der Waals surface area contributed by atoms with Crippen LogP contribution in [0.25, 0.3) is 0 Å². The molecule has 0 bridgehead atoms. The van der Waals surface area contributed by atoms with Gasteiger partial charge in [-0.15, -0.1) is 10.2 Å². The van der Waals surface area contributed by atoms with Gasteiger partial charge in [-0.25, -0.2) is 4.39 Å². The summed E-state index contributed by atoms with van der Waals surface area (Å²) in [4.78, 5) is 11.9. The third-order valence-electron chi connectivity index (χ3n) is 3.48. The molecule has 26 heavy (non-hydrogen) atoms. The zero-order valence-corrected chi connectivity index (χ0v) is 14.8. The van der Waals surface area contributed by atoms with E-state index in [1.165, 1.54) is 23.9 Å². The van der Waals surface area contributed by atoms with Crippen molar-refractivity contribution < 1.29 is 18.3 Å². The van der Waals surface area contributed by atoms with Crippen LogP contribution >= 0.6 is 11.8 Å². The van der Waals surface area contributed by atoms with Crippen LogP contribution in [0.4, 0.5) is 4.39 Å². The Morgan fingerprint density at radius 1 is 1.31 bits per heavy atom. The van der Waals surface area contributed by atoms with Crippen LogP contribution in [0.1, 0.15) is 11.6 Å². The van der Waals surface area contributed by atoms with Crippen LogP contribution in [0.2, 0.25) is 0 Å². The lowest BCUT2D eigenvalue weighted by atomic mass is 10.3. The summed E-state index contributed by atoms with van der Waals surface area (Å²) in [6, 6.07) is 9.31. The molecule has 1 aromatic carbocycles. The first kappa shape index (κ1) is 18.0. The van der Waals surface area contributed by atoms with Gasteiger partial charge in [-0.05, 0) is 36.4 Å². The van der Waals surface area contributed by atoms with Crippen molar-refractivity contribution in [3.05, 3.63) is 60.1 Å². The van der Waals surface area contributed by atoms with E-state index in [2.05, 4.69) is 15.5 Å². The van der Waals surface area contributed by atoms with Crippen molar-refractivity contribution in [2.24, 2.45) is 7.05 Å². The number of ether oxygens (including phenoxy) is 1. The molecule has 0 fully saturated rings. The largest absolute Gasteiger partial charge is 0.486 e. The van der Waals surface area contributed by atoms with Gasteiger partial charge in [-0.3, -0.25) is 4.79 Å². The molecule has 3 rings (SSSR count). The Morgan fingerprint density at radius 2 is 2.12 bits per heavy atom. The Morgan fingerprint density at radius 3 is 2.85 bits per heavy atom. The normalized spacial score (nSPS) is 10.7. The summed E-state index contributed by atoms with van der Waals surface area (Å²) in [6.45, 7) is 0.544. The van der Waals surface area contributed by atoms with Crippen LogP contribution in [0.3, 0.4) is 0 Å². The summed E-state index contributed by atoms with van der Waals surface area (Å²) in [6.07, 6.45) is 1.56. The molecular formula is C17H17FN4O3S. The zero-order valence-electron chi connectivity index (χ0n) is 14.0. The molecule has 0 aliphatic rings. The summed E-state index contributed by atoms with van der Waals surface area (Å²) < 4.78 is 25.4. The number of carbonyl (C=O) groups excluding carboxylic acids is 1. The Labute approximate surface area is 153 Å². The predicted octanol–water partition coefficient (Wildman–Crippen LogP) is 2.53. The van der Waals surface area contributed by atoms with Crippen molar-refractivity contribution in [2.45, 2.75) is 18.3 Å². The van der Waals surface area contributed by atoms with E-state index in [-0.39, 0.29) is 24.1 Å². The molecule has 1 amide bonds. The summed E-state index contributed by atoms with van der Waals surface area (Å²) in [5, 5.41) is 11.5. The number of halogens is 1. The van der Waals surface area contributed by atoms with Crippen molar-refractivity contribution in [3.63, 3.8) is 0 Å². The highest BCUT2D eigenvalue weighted by atomic mass is 32.2. The number of nitrogens with zero attached hydrogens (tertiary/aromatic N) is 3. The minimum atomic E-state index is -0.319. The molecule has 0 atom stereocenters. The predicted molar refractivity (Wildman–Crippen MR) is 93.0 cm³/mol. The molecule has 0 spiro atoms. The summed E-state index contributed by atoms with van der Waals surface area (Å²) >= 11 is 1.28. The molecule has 136 valence electrons. The van der Waals surface area contributed by atoms with Crippen molar-refractivity contribution in [2.75, 3.05) is 5.75 Å². The third kappa shape index (κ3) is 4.85. The quantitative estimate of drug-likeness (QED) is 0.609. The fraction of sp³-hybridized carbons (Fsp3) is 0.235. The third-order valence-corrected chi connectivity index (χ3v) is 4.50. The first-order valence-electron chi connectivity index (χ1n) is 7.80. The van der Waals surface area contributed by atoms with E-state index in [1.807, 2.05) is 0 Å². The Kier molecular flexibility index (Phi) is 5.90. The molecule has 0 saturated heterocycles. The first-order chi connectivity index (χ1) is 12.6. The molecule has 0 aliphatic carbocycles. The molecule has 2 aromatic heterocycles. The van der Waals surface area contributed by atoms with E-state index in [0.29, 0.717) is 29.0 Å². The molecule has 0 radical (unpaired) electrons. The van der Waals surface area contributed by atoms with Crippen LogP contribution < -0.4 is 10.1 Å². The van der Waals surface area contributed by atoms with Gasteiger partial charge in [-0.1, -0.05) is 11.8 Å². The lowest BCUT2D eigenvalue weighted by Gasteiger charge is -2.06. The standard InChI is InChI=1S/C17H17FN4O3S/c1-22-15(10-25-13-6-4-12(18)5-7-13)20-21-17(22)26-11-16(23)19-9-14-3-2-8-24-14/h2-8H,9-11H2,1H3,(H,19,23). The maximum atomic E-state index is 12.9. The SMILES string of the molecule is Cn1c(COc2ccc(F)cc2)nnc1SCC(=O)NCc1ccco1. The Balaban J connectivity index is 1.47. The lowest BCUT2D eigenvalue weighted by Crippen LogP contribution is -2.24. The van der Waals surface area contributed by atoms with Gasteiger partial charge >= 0.3 is 0 Å². The van der Waals surface area contributed by atoms with Gasteiger partial charge in [0.05, 0.1) is 18.6 Å². The van der Waals surface area contributed by atoms with Crippen LogP contribution in [-0.2, 0) is 25.0 Å². The molecule has 1 N–H and O–H groups in total. The van der Waals surface area contributed by atoms with Gasteiger partial charge in [0.2, 0.25) is 5.91 Å². The van der Waals surface area contributed by atoms with Crippen molar-refractivity contribution in [1.29, 1.82) is 0 Å². The Hall–Kier alpha value is -2.81. The van der Waals surface area contributed by atoms with Gasteiger partial charge in [0.15, 0.2) is 11.0 Å². The van der Waals surface area contributed by atoms with Crippen LogP contribution in [0.15, 0.2) is 52.2 Å². The highest BCUT2D eigenvalue weighted by Crippen LogP contribution is 2.17. The number of aromatic nitrogens is 3. The zero-order chi connectivity index (χ0) is 18.4. The van der Waals surface area contributed by atoms with Crippen LogP contribution in [0.5, 0.6) is 5.75 Å². The average Bonchev–Trinajstić information content (AvgIpc) is 3.28. The number of nitrogens with one attached hydrogen (secondary N) is 1. The van der Waals surface area contributed by atoms with Gasteiger partial charge < -0.3 is 19.0 Å². The lowest BCUT2D eigenvalue weighted by molar-refractivity contribution is -0.118. The summed E-state index contributed by atoms with van der Waals surface area (Å²) in [5.41, 5.74) is 0. The Bertz CT molecular complexity index is 850. The molecule has 7 nitrogen and oxygen atoms in total. The highest BCUT2D eigenvalue weighted by Gasteiger charge is 2.12. The topological polar surface area (TPSA) is 82.2 Å². The van der Waals surface area contributed by atoms with Crippen LogP contribution in [-0.4, -0.2) is 26.4 Å².